The molecule has 0 radical (unpaired) electrons. The summed E-state index contributed by atoms with van der Waals surface area (Å²) in [6.07, 6.45) is 0. The Labute approximate surface area is 453 Å². The lowest BCUT2D eigenvalue weighted by Crippen LogP contribution is -2.07. The van der Waals surface area contributed by atoms with E-state index < -0.39 is 0 Å². The molecule has 15 rings (SSSR count). The van der Waals surface area contributed by atoms with Gasteiger partial charge in [0.2, 0.25) is 0 Å². The molecule has 15 aromatic rings. The Morgan fingerprint density at radius 1 is 0.266 bits per heavy atom. The summed E-state index contributed by atoms with van der Waals surface area (Å²) in [4.78, 5) is 16.0. The predicted molar refractivity (Wildman–Crippen MR) is 319 cm³/mol. The lowest BCUT2D eigenvalue weighted by Gasteiger charge is -2.24. The third-order valence-corrected chi connectivity index (χ3v) is 15.3. The minimum absolute atomic E-state index is 0.505. The lowest BCUT2D eigenvalue weighted by atomic mass is 9.90. The van der Waals surface area contributed by atoms with E-state index >= 15 is 0 Å². The van der Waals surface area contributed by atoms with Gasteiger partial charge in [-0.05, 0) is 84.9 Å². The zero-order valence-electron chi connectivity index (χ0n) is 42.3. The van der Waals surface area contributed by atoms with Crippen molar-refractivity contribution < 1.29 is 0 Å². The Morgan fingerprint density at radius 3 is 0.987 bits per heavy atom. The summed E-state index contributed by atoms with van der Waals surface area (Å²) in [6, 6.07) is 93.0. The molecule has 79 heavy (non-hydrogen) atoms. The molecular weight excluding hydrogens is 965 g/mol. The van der Waals surface area contributed by atoms with E-state index in [0.717, 1.165) is 121 Å². The maximum absolute atomic E-state index is 10.4. The maximum Gasteiger partial charge on any atom is 0.164 e. The monoisotopic (exact) mass is 1010 g/mol. The van der Waals surface area contributed by atoms with E-state index in [0.29, 0.717) is 28.6 Å². The first-order valence-electron chi connectivity index (χ1n) is 26.2. The minimum atomic E-state index is 0.505. The van der Waals surface area contributed by atoms with E-state index in [4.69, 9.17) is 15.0 Å². The Bertz CT molecular complexity index is 4640. The summed E-state index contributed by atoms with van der Waals surface area (Å²) in [7, 11) is 0. The fourth-order valence-electron chi connectivity index (χ4n) is 11.9. The van der Waals surface area contributed by atoms with Crippen molar-refractivity contribution in [1.29, 1.82) is 10.5 Å². The molecule has 0 aliphatic rings. The molecule has 4 heterocycles. The number of para-hydroxylation sites is 6. The van der Waals surface area contributed by atoms with Gasteiger partial charge in [-0.1, -0.05) is 170 Å². The fourth-order valence-corrected chi connectivity index (χ4v) is 11.9. The molecule has 11 aromatic carbocycles. The first-order valence-corrected chi connectivity index (χ1v) is 26.2. The number of nitrogens with zero attached hydrogens (tertiary/aromatic N) is 8. The van der Waals surface area contributed by atoms with Crippen LogP contribution in [-0.4, -0.2) is 28.7 Å². The summed E-state index contributed by atoms with van der Waals surface area (Å²) in [6.45, 7) is 0. The van der Waals surface area contributed by atoms with Crippen molar-refractivity contribution in [3.63, 3.8) is 0 Å². The van der Waals surface area contributed by atoms with E-state index in [9.17, 15) is 10.5 Å². The number of benzene rings is 11. The molecule has 0 aliphatic carbocycles. The van der Waals surface area contributed by atoms with E-state index in [-0.39, 0.29) is 0 Å². The highest BCUT2D eigenvalue weighted by Crippen LogP contribution is 2.48. The predicted octanol–water partition coefficient (Wildman–Crippen LogP) is 17.2. The van der Waals surface area contributed by atoms with Crippen LogP contribution in [0.25, 0.3) is 139 Å². The van der Waals surface area contributed by atoms with Crippen LogP contribution >= 0.6 is 0 Å². The largest absolute Gasteiger partial charge is 0.309 e. The van der Waals surface area contributed by atoms with Gasteiger partial charge in [0.1, 0.15) is 0 Å². The van der Waals surface area contributed by atoms with Gasteiger partial charge in [-0.15, -0.1) is 0 Å². The lowest BCUT2D eigenvalue weighted by molar-refractivity contribution is 1.07. The second kappa shape index (κ2) is 18.3. The van der Waals surface area contributed by atoms with Crippen LogP contribution in [0.2, 0.25) is 0 Å². The molecular formula is C71H42N8. The molecule has 4 aromatic heterocycles. The van der Waals surface area contributed by atoms with Crippen LogP contribution in [0.1, 0.15) is 11.1 Å². The van der Waals surface area contributed by atoms with Crippen molar-refractivity contribution in [3.8, 4) is 85.6 Å². The van der Waals surface area contributed by atoms with E-state index in [1.165, 1.54) is 0 Å². The molecule has 0 unspecified atom stereocenters. The normalized spacial score (nSPS) is 11.5. The quantitative estimate of drug-likeness (QED) is 0.151. The van der Waals surface area contributed by atoms with Crippen LogP contribution in [0.4, 0.5) is 0 Å². The highest BCUT2D eigenvalue weighted by atomic mass is 15.0. The smallest absolute Gasteiger partial charge is 0.164 e. The summed E-state index contributed by atoms with van der Waals surface area (Å²) in [5.41, 5.74) is 16.2. The van der Waals surface area contributed by atoms with Crippen molar-refractivity contribution in [3.05, 3.63) is 266 Å². The second-order valence-corrected chi connectivity index (χ2v) is 19.8. The fraction of sp³-hybridized carbons (Fsp3) is 0. The average molecular weight is 1010 g/mol. The number of aromatic nitrogens is 6. The number of nitriles is 2. The van der Waals surface area contributed by atoms with Crippen LogP contribution in [0.3, 0.4) is 0 Å². The van der Waals surface area contributed by atoms with Gasteiger partial charge in [0.05, 0.1) is 73.4 Å². The van der Waals surface area contributed by atoms with Gasteiger partial charge in [0.15, 0.2) is 17.5 Å². The standard InChI is InChI=1S/C71H42N8/c72-43-45-35-37-66-56(39-45)57-40-46(44-73)36-38-67(57)79(66)68-58(54-27-11-17-33-64(54)77-60-29-13-7-23-50(60)51-24-8-14-30-61(51)77)41-49(71-75-69(47-19-3-1-4-20-47)74-70(76-71)48-21-5-2-6-22-48)42-59(68)55-28-12-18-34-65(55)78-62-31-15-9-25-52(62)53-26-10-16-32-63(53)78/h1-42H. The second-order valence-electron chi connectivity index (χ2n) is 19.8. The van der Waals surface area contributed by atoms with Crippen molar-refractivity contribution in [2.24, 2.45) is 0 Å². The van der Waals surface area contributed by atoms with Crippen LogP contribution in [0, 0.1) is 22.7 Å². The average Bonchev–Trinajstić information content (AvgIpc) is 4.36. The summed E-state index contributed by atoms with van der Waals surface area (Å²) in [5.74, 6) is 1.61. The van der Waals surface area contributed by atoms with Gasteiger partial charge < -0.3 is 13.7 Å². The SMILES string of the molecule is N#Cc1ccc2c(c1)c1cc(C#N)ccc1n2-c1c(-c2ccccc2-n2c3ccccc3c3ccccc32)cc(-c2nc(-c3ccccc3)nc(-c3ccccc3)n2)cc1-c1ccccc1-n1c2ccccc2c2ccccc21. The van der Waals surface area contributed by atoms with Gasteiger partial charge in [0, 0.05) is 71.3 Å². The number of rotatable bonds is 8. The zero-order valence-corrected chi connectivity index (χ0v) is 42.3. The molecule has 0 fully saturated rings. The first kappa shape index (κ1) is 45.2. The molecule has 0 atom stereocenters. The van der Waals surface area contributed by atoms with Crippen molar-refractivity contribution in [2.75, 3.05) is 0 Å². The van der Waals surface area contributed by atoms with Crippen LogP contribution < -0.4 is 0 Å². The maximum atomic E-state index is 10.4. The summed E-state index contributed by atoms with van der Waals surface area (Å²) >= 11 is 0. The molecule has 0 bridgehead atoms. The summed E-state index contributed by atoms with van der Waals surface area (Å²) in [5, 5.41) is 27.2. The summed E-state index contributed by atoms with van der Waals surface area (Å²) < 4.78 is 7.11. The van der Waals surface area contributed by atoms with E-state index in [2.05, 4.69) is 184 Å². The van der Waals surface area contributed by atoms with Crippen LogP contribution in [-0.2, 0) is 0 Å². The number of hydrogen-bond donors (Lipinski definition) is 0. The van der Waals surface area contributed by atoms with E-state index in [1.807, 2.05) is 97.1 Å². The zero-order chi connectivity index (χ0) is 52.6. The topological polar surface area (TPSA) is 101 Å². The highest BCUT2D eigenvalue weighted by Gasteiger charge is 2.28. The van der Waals surface area contributed by atoms with Gasteiger partial charge >= 0.3 is 0 Å². The van der Waals surface area contributed by atoms with Crippen LogP contribution in [0.5, 0.6) is 0 Å². The third kappa shape index (κ3) is 7.24. The van der Waals surface area contributed by atoms with Crippen molar-refractivity contribution in [2.45, 2.75) is 0 Å². The van der Waals surface area contributed by atoms with Crippen LogP contribution in [0.15, 0.2) is 255 Å². The molecule has 0 saturated heterocycles. The molecule has 0 spiro atoms. The number of fused-ring (bicyclic) bond motifs is 9. The van der Waals surface area contributed by atoms with Crippen molar-refractivity contribution in [1.82, 2.24) is 28.7 Å². The van der Waals surface area contributed by atoms with Crippen molar-refractivity contribution >= 4 is 65.4 Å². The molecule has 0 saturated carbocycles. The Balaban J connectivity index is 1.15. The Hall–Kier alpha value is -11.2. The highest BCUT2D eigenvalue weighted by molar-refractivity contribution is 6.14. The van der Waals surface area contributed by atoms with Gasteiger partial charge in [-0.2, -0.15) is 10.5 Å². The van der Waals surface area contributed by atoms with Gasteiger partial charge in [0.25, 0.3) is 0 Å². The van der Waals surface area contributed by atoms with Gasteiger partial charge in [-0.3, -0.25) is 0 Å². The third-order valence-electron chi connectivity index (χ3n) is 15.3. The molecule has 8 nitrogen and oxygen atoms in total. The molecule has 366 valence electrons. The molecule has 0 aliphatic heterocycles. The number of hydrogen-bond acceptors (Lipinski definition) is 5. The first-order chi connectivity index (χ1) is 39.1. The molecule has 0 amide bonds. The van der Waals surface area contributed by atoms with E-state index in [1.54, 1.807) is 0 Å². The Morgan fingerprint density at radius 2 is 0.595 bits per heavy atom. The molecule has 0 N–H and O–H groups in total. The molecule has 8 heteroatoms. The Kier molecular flexibility index (Phi) is 10.5. The van der Waals surface area contributed by atoms with Gasteiger partial charge in [-0.25, -0.2) is 15.0 Å². The minimum Gasteiger partial charge on any atom is -0.309 e.